The molecule has 1 heterocycles. The van der Waals surface area contributed by atoms with Crippen LogP contribution in [0.5, 0.6) is 0 Å². The van der Waals surface area contributed by atoms with Gasteiger partial charge >= 0.3 is 0 Å². The van der Waals surface area contributed by atoms with Gasteiger partial charge in [-0.15, -0.1) is 0 Å². The van der Waals surface area contributed by atoms with E-state index in [0.717, 1.165) is 56.2 Å². The van der Waals surface area contributed by atoms with Crippen LogP contribution in [0.15, 0.2) is 29.3 Å². The SMILES string of the molecule is CCNC(=NCC(=O)N1CCCC1)NCC(c1ccccc1Cl)N(CC)CC. The zero-order chi connectivity index (χ0) is 20.4. The third-order valence-electron chi connectivity index (χ3n) is 5.16. The third-order valence-corrected chi connectivity index (χ3v) is 5.50. The van der Waals surface area contributed by atoms with Crippen molar-refractivity contribution in [1.29, 1.82) is 0 Å². The van der Waals surface area contributed by atoms with Gasteiger partial charge in [0.15, 0.2) is 5.96 Å². The first kappa shape index (κ1) is 22.5. The fourth-order valence-electron chi connectivity index (χ4n) is 3.59. The van der Waals surface area contributed by atoms with Crippen LogP contribution in [0.3, 0.4) is 0 Å². The van der Waals surface area contributed by atoms with Gasteiger partial charge in [0.25, 0.3) is 0 Å². The van der Waals surface area contributed by atoms with E-state index in [4.69, 9.17) is 11.6 Å². The quantitative estimate of drug-likeness (QED) is 0.488. The number of halogens is 1. The minimum absolute atomic E-state index is 0.0982. The normalized spacial score (nSPS) is 15.8. The van der Waals surface area contributed by atoms with Gasteiger partial charge in [0.2, 0.25) is 5.91 Å². The highest BCUT2D eigenvalue weighted by molar-refractivity contribution is 6.31. The molecule has 1 saturated heterocycles. The lowest BCUT2D eigenvalue weighted by Gasteiger charge is -2.31. The number of carbonyl (C=O) groups is 1. The summed E-state index contributed by atoms with van der Waals surface area (Å²) < 4.78 is 0. The topological polar surface area (TPSA) is 60.0 Å². The summed E-state index contributed by atoms with van der Waals surface area (Å²) >= 11 is 6.48. The van der Waals surface area contributed by atoms with E-state index in [9.17, 15) is 4.79 Å². The van der Waals surface area contributed by atoms with Crippen molar-refractivity contribution in [3.63, 3.8) is 0 Å². The van der Waals surface area contributed by atoms with Crippen molar-refractivity contribution < 1.29 is 4.79 Å². The standard InChI is InChI=1S/C21H34ClN5O/c1-4-23-21(25-16-20(28)27-13-9-10-14-27)24-15-19(26(5-2)6-3)17-11-7-8-12-18(17)22/h7-8,11-12,19H,4-6,9-10,13-16H2,1-3H3,(H2,23,24,25). The number of carbonyl (C=O) groups excluding carboxylic acids is 1. The minimum atomic E-state index is 0.0982. The second kappa shape index (κ2) is 11.9. The number of guanidine groups is 1. The lowest BCUT2D eigenvalue weighted by atomic mass is 10.0. The highest BCUT2D eigenvalue weighted by atomic mass is 35.5. The van der Waals surface area contributed by atoms with E-state index in [1.54, 1.807) is 0 Å². The molecule has 2 rings (SSSR count). The zero-order valence-corrected chi connectivity index (χ0v) is 18.1. The molecule has 0 spiro atoms. The van der Waals surface area contributed by atoms with Crippen LogP contribution in [0.4, 0.5) is 0 Å². The number of nitrogens with zero attached hydrogens (tertiary/aromatic N) is 3. The van der Waals surface area contributed by atoms with Gasteiger partial charge in [-0.25, -0.2) is 4.99 Å². The molecule has 1 aliphatic heterocycles. The Morgan fingerprint density at radius 3 is 2.46 bits per heavy atom. The number of aliphatic imine (C=N–C) groups is 1. The molecule has 1 aliphatic rings. The van der Waals surface area contributed by atoms with Gasteiger partial charge in [-0.3, -0.25) is 9.69 Å². The maximum Gasteiger partial charge on any atom is 0.244 e. The first-order chi connectivity index (χ1) is 13.6. The largest absolute Gasteiger partial charge is 0.357 e. The van der Waals surface area contributed by atoms with Crippen LogP contribution < -0.4 is 10.6 Å². The molecule has 2 N–H and O–H groups in total. The van der Waals surface area contributed by atoms with Crippen molar-refractivity contribution in [2.24, 2.45) is 4.99 Å². The molecule has 7 heteroatoms. The number of hydrogen-bond donors (Lipinski definition) is 2. The summed E-state index contributed by atoms with van der Waals surface area (Å²) in [5.74, 6) is 0.764. The molecule has 1 unspecified atom stereocenters. The van der Waals surface area contributed by atoms with Gasteiger partial charge in [-0.05, 0) is 44.5 Å². The summed E-state index contributed by atoms with van der Waals surface area (Å²) in [6.45, 7) is 11.5. The molecule has 0 saturated carbocycles. The van der Waals surface area contributed by atoms with Crippen molar-refractivity contribution in [3.8, 4) is 0 Å². The van der Waals surface area contributed by atoms with Crippen molar-refractivity contribution >= 4 is 23.5 Å². The number of rotatable bonds is 9. The Bertz CT molecular complexity index is 641. The van der Waals surface area contributed by atoms with Crippen LogP contribution >= 0.6 is 11.6 Å². The Morgan fingerprint density at radius 2 is 1.86 bits per heavy atom. The molecular formula is C21H34ClN5O. The highest BCUT2D eigenvalue weighted by Crippen LogP contribution is 2.26. The van der Waals surface area contributed by atoms with Gasteiger partial charge in [0.05, 0.1) is 6.04 Å². The molecule has 0 aliphatic carbocycles. The molecule has 0 radical (unpaired) electrons. The first-order valence-electron chi connectivity index (χ1n) is 10.4. The molecule has 1 atom stereocenters. The third kappa shape index (κ3) is 6.38. The van der Waals surface area contributed by atoms with Crippen LogP contribution in [0.2, 0.25) is 5.02 Å². The van der Waals surface area contributed by atoms with E-state index >= 15 is 0 Å². The predicted octanol–water partition coefficient (Wildman–Crippen LogP) is 2.90. The second-order valence-electron chi connectivity index (χ2n) is 6.92. The number of benzene rings is 1. The monoisotopic (exact) mass is 407 g/mol. The minimum Gasteiger partial charge on any atom is -0.357 e. The summed E-state index contributed by atoms with van der Waals surface area (Å²) in [6.07, 6.45) is 2.19. The lowest BCUT2D eigenvalue weighted by Crippen LogP contribution is -2.44. The van der Waals surface area contributed by atoms with Crippen LogP contribution in [-0.4, -0.2) is 67.5 Å². The molecule has 156 valence electrons. The molecule has 0 bridgehead atoms. The second-order valence-corrected chi connectivity index (χ2v) is 7.33. The summed E-state index contributed by atoms with van der Waals surface area (Å²) in [5.41, 5.74) is 1.10. The average molecular weight is 408 g/mol. The van der Waals surface area contributed by atoms with E-state index in [1.807, 2.05) is 30.0 Å². The highest BCUT2D eigenvalue weighted by Gasteiger charge is 2.21. The van der Waals surface area contributed by atoms with Crippen LogP contribution in [-0.2, 0) is 4.79 Å². The van der Waals surface area contributed by atoms with Gasteiger partial charge in [-0.1, -0.05) is 43.6 Å². The molecule has 28 heavy (non-hydrogen) atoms. The molecule has 0 aromatic heterocycles. The molecule has 6 nitrogen and oxygen atoms in total. The first-order valence-corrected chi connectivity index (χ1v) is 10.8. The van der Waals surface area contributed by atoms with E-state index in [1.165, 1.54) is 0 Å². The van der Waals surface area contributed by atoms with Crippen molar-refractivity contribution in [2.45, 2.75) is 39.7 Å². The Kier molecular flexibility index (Phi) is 9.58. The maximum absolute atomic E-state index is 12.3. The number of nitrogens with one attached hydrogen (secondary N) is 2. The van der Waals surface area contributed by atoms with Gasteiger partial charge in [-0.2, -0.15) is 0 Å². The fraction of sp³-hybridized carbons (Fsp3) is 0.619. The summed E-state index contributed by atoms with van der Waals surface area (Å²) in [7, 11) is 0. The Hall–Kier alpha value is -1.79. The lowest BCUT2D eigenvalue weighted by molar-refractivity contribution is -0.128. The molecule has 1 aromatic rings. The Balaban J connectivity index is 2.07. The molecule has 1 fully saturated rings. The van der Waals surface area contributed by atoms with Crippen LogP contribution in [0.25, 0.3) is 0 Å². The van der Waals surface area contributed by atoms with Gasteiger partial charge in [0.1, 0.15) is 6.54 Å². The molecular weight excluding hydrogens is 374 g/mol. The Labute approximate surface area is 174 Å². The van der Waals surface area contributed by atoms with E-state index < -0.39 is 0 Å². The smallest absolute Gasteiger partial charge is 0.244 e. The number of amides is 1. The molecule has 1 amide bonds. The van der Waals surface area contributed by atoms with E-state index in [0.29, 0.717) is 12.5 Å². The maximum atomic E-state index is 12.3. The average Bonchev–Trinajstić information content (AvgIpc) is 3.24. The number of likely N-dealkylation sites (tertiary alicyclic amines) is 1. The van der Waals surface area contributed by atoms with Gasteiger partial charge in [0, 0.05) is 31.2 Å². The van der Waals surface area contributed by atoms with Crippen molar-refractivity contribution in [3.05, 3.63) is 34.9 Å². The van der Waals surface area contributed by atoms with Gasteiger partial charge < -0.3 is 15.5 Å². The fourth-order valence-corrected chi connectivity index (χ4v) is 3.86. The van der Waals surface area contributed by atoms with Crippen LogP contribution in [0, 0.1) is 0 Å². The van der Waals surface area contributed by atoms with Crippen LogP contribution in [0.1, 0.15) is 45.2 Å². The van der Waals surface area contributed by atoms with E-state index in [2.05, 4.69) is 40.4 Å². The van der Waals surface area contributed by atoms with Crippen molar-refractivity contribution in [2.75, 3.05) is 45.8 Å². The number of likely N-dealkylation sites (N-methyl/N-ethyl adjacent to an activating group) is 1. The van der Waals surface area contributed by atoms with Crippen molar-refractivity contribution in [1.82, 2.24) is 20.4 Å². The van der Waals surface area contributed by atoms with E-state index in [-0.39, 0.29) is 18.5 Å². The number of hydrogen-bond acceptors (Lipinski definition) is 3. The summed E-state index contributed by atoms with van der Waals surface area (Å²) in [6, 6.07) is 8.11. The Morgan fingerprint density at radius 1 is 1.18 bits per heavy atom. The summed E-state index contributed by atoms with van der Waals surface area (Å²) in [5, 5.41) is 7.42. The molecule has 1 aromatic carbocycles. The predicted molar refractivity (Wildman–Crippen MR) is 117 cm³/mol. The summed E-state index contributed by atoms with van der Waals surface area (Å²) in [4.78, 5) is 21.1. The zero-order valence-electron chi connectivity index (χ0n) is 17.4.